The summed E-state index contributed by atoms with van der Waals surface area (Å²) in [5, 5.41) is 3.66. The smallest absolute Gasteiger partial charge is 0.255 e. The zero-order valence-corrected chi connectivity index (χ0v) is 11.0. The van der Waals surface area contributed by atoms with Crippen molar-refractivity contribution in [3.63, 3.8) is 0 Å². The molecular weight excluding hydrogens is 256 g/mol. The summed E-state index contributed by atoms with van der Waals surface area (Å²) in [4.78, 5) is 10.6. The fourth-order valence-electron chi connectivity index (χ4n) is 1.33. The minimum atomic E-state index is -0.531. The molecule has 3 N–H and O–H groups in total. The van der Waals surface area contributed by atoms with E-state index in [1.54, 1.807) is 19.2 Å². The Morgan fingerprint density at radius 2 is 2.28 bits per heavy atom. The predicted molar refractivity (Wildman–Crippen MR) is 69.7 cm³/mol. The number of carbonyl (C=O) groups is 1. The molecular formula is C12H17ClN2O3. The molecule has 1 aromatic carbocycles. The first-order valence-electron chi connectivity index (χ1n) is 5.52. The Kier molecular flexibility index (Phi) is 6.49. The van der Waals surface area contributed by atoms with Crippen LogP contribution in [-0.2, 0) is 16.1 Å². The van der Waals surface area contributed by atoms with E-state index >= 15 is 0 Å². The highest BCUT2D eigenvalue weighted by molar-refractivity contribution is 6.32. The number of methoxy groups -OCH3 is 1. The number of benzene rings is 1. The van der Waals surface area contributed by atoms with Gasteiger partial charge in [0.2, 0.25) is 0 Å². The van der Waals surface area contributed by atoms with Gasteiger partial charge in [-0.2, -0.15) is 0 Å². The number of halogens is 1. The number of hydrogen-bond acceptors (Lipinski definition) is 4. The van der Waals surface area contributed by atoms with Gasteiger partial charge in [0, 0.05) is 20.2 Å². The molecule has 0 aliphatic heterocycles. The molecule has 0 bridgehead atoms. The molecule has 0 spiro atoms. The second-order valence-corrected chi connectivity index (χ2v) is 4.10. The normalized spacial score (nSPS) is 10.3. The van der Waals surface area contributed by atoms with E-state index in [9.17, 15) is 4.79 Å². The minimum Gasteiger partial charge on any atom is -0.482 e. The first-order valence-corrected chi connectivity index (χ1v) is 5.90. The predicted octanol–water partition coefficient (Wildman–Crippen LogP) is 0.940. The van der Waals surface area contributed by atoms with Gasteiger partial charge in [-0.1, -0.05) is 17.7 Å². The minimum absolute atomic E-state index is 0.175. The van der Waals surface area contributed by atoms with Crippen molar-refractivity contribution in [3.8, 4) is 5.75 Å². The lowest BCUT2D eigenvalue weighted by Gasteiger charge is -2.09. The summed E-state index contributed by atoms with van der Waals surface area (Å²) in [5.41, 5.74) is 6.02. The van der Waals surface area contributed by atoms with Crippen LogP contribution in [0, 0.1) is 0 Å². The number of nitrogens with one attached hydrogen (secondary N) is 1. The van der Waals surface area contributed by atoms with Crippen molar-refractivity contribution >= 4 is 17.5 Å². The quantitative estimate of drug-likeness (QED) is 0.691. The second kappa shape index (κ2) is 7.92. The van der Waals surface area contributed by atoms with Gasteiger partial charge in [0.25, 0.3) is 5.91 Å². The van der Waals surface area contributed by atoms with Gasteiger partial charge in [0.15, 0.2) is 6.61 Å². The van der Waals surface area contributed by atoms with Gasteiger partial charge < -0.3 is 20.5 Å². The van der Waals surface area contributed by atoms with E-state index in [-0.39, 0.29) is 6.61 Å². The number of carbonyl (C=O) groups excluding carboxylic acids is 1. The molecule has 1 aromatic rings. The lowest BCUT2D eigenvalue weighted by atomic mass is 10.2. The van der Waals surface area contributed by atoms with E-state index in [0.717, 1.165) is 12.1 Å². The Balaban J connectivity index is 2.48. The summed E-state index contributed by atoms with van der Waals surface area (Å²) < 4.78 is 10.1. The maximum absolute atomic E-state index is 10.6. The highest BCUT2D eigenvalue weighted by Gasteiger charge is 2.04. The number of ether oxygens (including phenoxy) is 2. The summed E-state index contributed by atoms with van der Waals surface area (Å²) in [6.45, 7) is 1.95. The summed E-state index contributed by atoms with van der Waals surface area (Å²) in [7, 11) is 1.66. The zero-order valence-electron chi connectivity index (χ0n) is 10.2. The third-order valence-corrected chi connectivity index (χ3v) is 2.47. The highest BCUT2D eigenvalue weighted by atomic mass is 35.5. The molecule has 100 valence electrons. The number of rotatable bonds is 8. The van der Waals surface area contributed by atoms with Crippen LogP contribution >= 0.6 is 11.6 Å². The molecule has 1 rings (SSSR count). The third kappa shape index (κ3) is 5.35. The molecule has 0 heterocycles. The van der Waals surface area contributed by atoms with E-state index in [1.165, 1.54) is 0 Å². The second-order valence-electron chi connectivity index (χ2n) is 3.69. The van der Waals surface area contributed by atoms with Gasteiger partial charge in [-0.3, -0.25) is 4.79 Å². The Labute approximate surface area is 111 Å². The van der Waals surface area contributed by atoms with Crippen LogP contribution in [0.2, 0.25) is 5.02 Å². The summed E-state index contributed by atoms with van der Waals surface area (Å²) in [6.07, 6.45) is 0. The van der Waals surface area contributed by atoms with Gasteiger partial charge in [0.05, 0.1) is 11.6 Å². The molecule has 6 heteroatoms. The maximum atomic E-state index is 10.6. The summed E-state index contributed by atoms with van der Waals surface area (Å²) in [5.74, 6) is -0.0764. The average molecular weight is 273 g/mol. The fourth-order valence-corrected chi connectivity index (χ4v) is 1.58. The number of hydrogen-bond donors (Lipinski definition) is 2. The van der Waals surface area contributed by atoms with Crippen LogP contribution in [0.4, 0.5) is 0 Å². The van der Waals surface area contributed by atoms with Crippen molar-refractivity contribution in [2.45, 2.75) is 6.54 Å². The summed E-state index contributed by atoms with van der Waals surface area (Å²) in [6, 6.07) is 5.39. The molecule has 0 saturated heterocycles. The molecule has 0 saturated carbocycles. The Morgan fingerprint density at radius 3 is 2.89 bits per heavy atom. The van der Waals surface area contributed by atoms with Crippen molar-refractivity contribution in [1.29, 1.82) is 0 Å². The van der Waals surface area contributed by atoms with Crippen molar-refractivity contribution in [1.82, 2.24) is 5.32 Å². The van der Waals surface area contributed by atoms with Gasteiger partial charge in [-0.25, -0.2) is 0 Å². The van der Waals surface area contributed by atoms with Crippen LogP contribution in [-0.4, -0.2) is 32.8 Å². The van der Waals surface area contributed by atoms with Crippen molar-refractivity contribution in [3.05, 3.63) is 28.8 Å². The molecule has 18 heavy (non-hydrogen) atoms. The largest absolute Gasteiger partial charge is 0.482 e. The third-order valence-electron chi connectivity index (χ3n) is 2.18. The van der Waals surface area contributed by atoms with Gasteiger partial charge in [-0.05, 0) is 17.7 Å². The number of amides is 1. The van der Waals surface area contributed by atoms with Gasteiger partial charge in [-0.15, -0.1) is 0 Å². The van der Waals surface area contributed by atoms with Crippen molar-refractivity contribution in [2.75, 3.05) is 26.9 Å². The molecule has 5 nitrogen and oxygen atoms in total. The van der Waals surface area contributed by atoms with Crippen LogP contribution in [0.1, 0.15) is 5.56 Å². The molecule has 0 radical (unpaired) electrons. The van der Waals surface area contributed by atoms with E-state index in [2.05, 4.69) is 5.32 Å². The van der Waals surface area contributed by atoms with Crippen LogP contribution in [0.15, 0.2) is 18.2 Å². The standard InChI is InChI=1S/C12H17ClN2O3/c1-17-5-4-15-7-9-2-3-11(10(13)6-9)18-8-12(14)16/h2-3,6,15H,4-5,7-8H2,1H3,(H2,14,16). The van der Waals surface area contributed by atoms with Gasteiger partial charge >= 0.3 is 0 Å². The van der Waals surface area contributed by atoms with Crippen molar-refractivity contribution < 1.29 is 14.3 Å². The first-order chi connectivity index (χ1) is 8.63. The van der Waals surface area contributed by atoms with Crippen LogP contribution in [0.3, 0.4) is 0 Å². The van der Waals surface area contributed by atoms with Crippen molar-refractivity contribution in [2.24, 2.45) is 5.73 Å². The molecule has 0 aromatic heterocycles. The average Bonchev–Trinajstić information content (AvgIpc) is 2.33. The topological polar surface area (TPSA) is 73.6 Å². The van der Waals surface area contributed by atoms with Crippen LogP contribution in [0.5, 0.6) is 5.75 Å². The lowest BCUT2D eigenvalue weighted by Crippen LogP contribution is -2.20. The molecule has 0 aliphatic carbocycles. The zero-order chi connectivity index (χ0) is 13.4. The van der Waals surface area contributed by atoms with E-state index < -0.39 is 5.91 Å². The molecule has 1 amide bonds. The Bertz CT molecular complexity index is 399. The number of primary amides is 1. The van der Waals surface area contributed by atoms with E-state index in [0.29, 0.717) is 23.9 Å². The van der Waals surface area contributed by atoms with E-state index in [4.69, 9.17) is 26.8 Å². The Morgan fingerprint density at radius 1 is 1.50 bits per heavy atom. The van der Waals surface area contributed by atoms with Crippen LogP contribution < -0.4 is 15.8 Å². The van der Waals surface area contributed by atoms with E-state index in [1.807, 2.05) is 6.07 Å². The molecule has 0 aliphatic rings. The lowest BCUT2D eigenvalue weighted by molar-refractivity contribution is -0.119. The molecule has 0 fully saturated rings. The van der Waals surface area contributed by atoms with Crippen LogP contribution in [0.25, 0.3) is 0 Å². The van der Waals surface area contributed by atoms with Gasteiger partial charge in [0.1, 0.15) is 5.75 Å². The maximum Gasteiger partial charge on any atom is 0.255 e. The molecule has 0 atom stereocenters. The number of nitrogens with two attached hydrogens (primary N) is 1. The monoisotopic (exact) mass is 272 g/mol. The fraction of sp³-hybridized carbons (Fsp3) is 0.417. The highest BCUT2D eigenvalue weighted by Crippen LogP contribution is 2.25. The SMILES string of the molecule is COCCNCc1ccc(OCC(N)=O)c(Cl)c1. The Hall–Kier alpha value is -1.30. The summed E-state index contributed by atoms with van der Waals surface area (Å²) >= 11 is 6.02. The molecule has 0 unspecified atom stereocenters. The first kappa shape index (κ1) is 14.8.